The van der Waals surface area contributed by atoms with Crippen LogP contribution >= 0.6 is 0 Å². The van der Waals surface area contributed by atoms with E-state index in [0.717, 1.165) is 6.07 Å². The van der Waals surface area contributed by atoms with Gasteiger partial charge in [0, 0.05) is 41.1 Å². The van der Waals surface area contributed by atoms with E-state index in [4.69, 9.17) is 11.5 Å². The molecule has 0 bridgehead atoms. The SMILES string of the molecule is NC(=O)c1cc(N2CCS(=O)CC2)c(F)cc1N. The first kappa shape index (κ1) is 12.8. The average Bonchev–Trinajstić information content (AvgIpc) is 2.30. The van der Waals surface area contributed by atoms with E-state index in [2.05, 4.69) is 0 Å². The van der Waals surface area contributed by atoms with Crippen molar-refractivity contribution in [2.45, 2.75) is 0 Å². The van der Waals surface area contributed by atoms with Crippen molar-refractivity contribution in [2.75, 3.05) is 35.2 Å². The van der Waals surface area contributed by atoms with Crippen molar-refractivity contribution in [1.29, 1.82) is 0 Å². The second kappa shape index (κ2) is 4.93. The third-order valence-electron chi connectivity index (χ3n) is 2.90. The highest BCUT2D eigenvalue weighted by Crippen LogP contribution is 2.26. The zero-order chi connectivity index (χ0) is 13.3. The molecule has 5 nitrogen and oxygen atoms in total. The minimum atomic E-state index is -0.840. The lowest BCUT2D eigenvalue weighted by Crippen LogP contribution is -2.38. The Kier molecular flexibility index (Phi) is 3.51. The van der Waals surface area contributed by atoms with E-state index in [1.807, 2.05) is 0 Å². The molecule has 98 valence electrons. The fourth-order valence-electron chi connectivity index (χ4n) is 1.91. The van der Waals surface area contributed by atoms with Crippen LogP contribution in [0, 0.1) is 5.82 Å². The lowest BCUT2D eigenvalue weighted by Gasteiger charge is -2.29. The molecule has 1 saturated heterocycles. The van der Waals surface area contributed by atoms with E-state index < -0.39 is 22.5 Å². The van der Waals surface area contributed by atoms with Crippen molar-refractivity contribution < 1.29 is 13.4 Å². The third kappa shape index (κ3) is 2.45. The first-order valence-electron chi connectivity index (χ1n) is 5.48. The molecule has 0 aromatic heterocycles. The molecule has 1 fully saturated rings. The number of carbonyl (C=O) groups is 1. The predicted molar refractivity (Wildman–Crippen MR) is 69.4 cm³/mol. The number of halogens is 1. The second-order valence-electron chi connectivity index (χ2n) is 4.09. The Morgan fingerprint density at radius 2 is 1.94 bits per heavy atom. The van der Waals surface area contributed by atoms with E-state index in [0.29, 0.717) is 24.6 Å². The van der Waals surface area contributed by atoms with Gasteiger partial charge in [0.2, 0.25) is 0 Å². The minimum absolute atomic E-state index is 0.0318. The van der Waals surface area contributed by atoms with Crippen molar-refractivity contribution in [2.24, 2.45) is 5.73 Å². The summed E-state index contributed by atoms with van der Waals surface area (Å²) in [6.07, 6.45) is 0. The number of nitrogens with zero attached hydrogens (tertiary/aromatic N) is 1. The van der Waals surface area contributed by atoms with E-state index in [1.54, 1.807) is 4.90 Å². The normalized spacial score (nSPS) is 16.8. The molecule has 0 aliphatic carbocycles. The van der Waals surface area contributed by atoms with E-state index in [1.165, 1.54) is 6.07 Å². The Morgan fingerprint density at radius 1 is 1.33 bits per heavy atom. The summed E-state index contributed by atoms with van der Waals surface area (Å²) in [6, 6.07) is 2.46. The van der Waals surface area contributed by atoms with Crippen LogP contribution < -0.4 is 16.4 Å². The highest BCUT2D eigenvalue weighted by molar-refractivity contribution is 7.85. The highest BCUT2D eigenvalue weighted by atomic mass is 32.2. The number of carbonyl (C=O) groups excluding carboxylic acids is 1. The van der Waals surface area contributed by atoms with Crippen LogP contribution in [0.3, 0.4) is 0 Å². The van der Waals surface area contributed by atoms with Gasteiger partial charge in [-0.25, -0.2) is 4.39 Å². The number of primary amides is 1. The maximum Gasteiger partial charge on any atom is 0.250 e. The summed E-state index contributed by atoms with van der Waals surface area (Å²) >= 11 is 0. The molecule has 1 aromatic rings. The Labute approximate surface area is 106 Å². The van der Waals surface area contributed by atoms with Crippen LogP contribution in [0.2, 0.25) is 0 Å². The van der Waals surface area contributed by atoms with Gasteiger partial charge in [0.25, 0.3) is 5.91 Å². The van der Waals surface area contributed by atoms with Crippen LogP contribution in [0.25, 0.3) is 0 Å². The van der Waals surface area contributed by atoms with Gasteiger partial charge < -0.3 is 16.4 Å². The Balaban J connectivity index is 2.35. The van der Waals surface area contributed by atoms with Crippen molar-refractivity contribution in [3.8, 4) is 0 Å². The monoisotopic (exact) mass is 271 g/mol. The maximum atomic E-state index is 13.8. The lowest BCUT2D eigenvalue weighted by atomic mass is 10.1. The summed E-state index contributed by atoms with van der Waals surface area (Å²) in [5, 5.41) is 0. The summed E-state index contributed by atoms with van der Waals surface area (Å²) in [7, 11) is -0.840. The van der Waals surface area contributed by atoms with E-state index in [9.17, 15) is 13.4 Å². The van der Waals surface area contributed by atoms with Gasteiger partial charge in [-0.3, -0.25) is 9.00 Å². The van der Waals surface area contributed by atoms with Crippen LogP contribution in [0.5, 0.6) is 0 Å². The molecule has 4 N–H and O–H groups in total. The van der Waals surface area contributed by atoms with Crippen LogP contribution in [0.4, 0.5) is 15.8 Å². The fourth-order valence-corrected chi connectivity index (χ4v) is 2.96. The van der Waals surface area contributed by atoms with Gasteiger partial charge in [0.1, 0.15) is 5.82 Å². The van der Waals surface area contributed by atoms with Crippen LogP contribution in [0.1, 0.15) is 10.4 Å². The molecule has 0 radical (unpaired) electrons. The molecule has 0 saturated carbocycles. The summed E-state index contributed by atoms with van der Waals surface area (Å²) < 4.78 is 25.1. The molecule has 7 heteroatoms. The Hall–Kier alpha value is -1.63. The number of amides is 1. The number of benzene rings is 1. The van der Waals surface area contributed by atoms with Gasteiger partial charge >= 0.3 is 0 Å². The van der Waals surface area contributed by atoms with Gasteiger partial charge in [-0.1, -0.05) is 0 Å². The molecule has 0 atom stereocenters. The van der Waals surface area contributed by atoms with Crippen LogP contribution in [0.15, 0.2) is 12.1 Å². The molecule has 2 rings (SSSR count). The van der Waals surface area contributed by atoms with Crippen molar-refractivity contribution in [3.05, 3.63) is 23.5 Å². The van der Waals surface area contributed by atoms with Gasteiger partial charge in [-0.2, -0.15) is 0 Å². The molecule has 1 amide bonds. The zero-order valence-electron chi connectivity index (χ0n) is 9.69. The number of hydrogen-bond donors (Lipinski definition) is 2. The number of nitrogens with two attached hydrogens (primary N) is 2. The lowest BCUT2D eigenvalue weighted by molar-refractivity contribution is 0.100. The van der Waals surface area contributed by atoms with Crippen molar-refractivity contribution >= 4 is 28.1 Å². The number of rotatable bonds is 2. The molecule has 1 heterocycles. The smallest absolute Gasteiger partial charge is 0.250 e. The van der Waals surface area contributed by atoms with E-state index >= 15 is 0 Å². The van der Waals surface area contributed by atoms with Gasteiger partial charge in [0.05, 0.1) is 11.3 Å². The molecule has 1 aromatic carbocycles. The molecular weight excluding hydrogens is 257 g/mol. The summed E-state index contributed by atoms with van der Waals surface area (Å²) in [5.74, 6) is -0.189. The minimum Gasteiger partial charge on any atom is -0.398 e. The molecule has 1 aliphatic rings. The standard InChI is InChI=1S/C11H14FN3O2S/c12-8-6-9(13)7(11(14)16)5-10(8)15-1-3-18(17)4-2-15/h5-6H,1-4,13H2,(H2,14,16). The van der Waals surface area contributed by atoms with Gasteiger partial charge in [-0.05, 0) is 12.1 Å². The average molecular weight is 271 g/mol. The van der Waals surface area contributed by atoms with Crippen molar-refractivity contribution in [1.82, 2.24) is 0 Å². The third-order valence-corrected chi connectivity index (χ3v) is 4.18. The van der Waals surface area contributed by atoms with Gasteiger partial charge in [-0.15, -0.1) is 0 Å². The summed E-state index contributed by atoms with van der Waals surface area (Å²) in [5.41, 5.74) is 11.1. The highest BCUT2D eigenvalue weighted by Gasteiger charge is 2.20. The topological polar surface area (TPSA) is 89.4 Å². The Morgan fingerprint density at radius 3 is 2.50 bits per heavy atom. The fraction of sp³-hybridized carbons (Fsp3) is 0.364. The van der Waals surface area contributed by atoms with Crippen LogP contribution in [-0.4, -0.2) is 34.7 Å². The summed E-state index contributed by atoms with van der Waals surface area (Å²) in [4.78, 5) is 12.9. The largest absolute Gasteiger partial charge is 0.398 e. The van der Waals surface area contributed by atoms with Crippen molar-refractivity contribution in [3.63, 3.8) is 0 Å². The number of hydrogen-bond acceptors (Lipinski definition) is 4. The molecular formula is C11H14FN3O2S. The zero-order valence-corrected chi connectivity index (χ0v) is 10.5. The van der Waals surface area contributed by atoms with Crippen LogP contribution in [-0.2, 0) is 10.8 Å². The predicted octanol–water partition coefficient (Wildman–Crippen LogP) is 0.0755. The molecule has 0 spiro atoms. The van der Waals surface area contributed by atoms with E-state index in [-0.39, 0.29) is 16.9 Å². The Bertz CT molecular complexity index is 511. The number of nitrogen functional groups attached to an aromatic ring is 1. The second-order valence-corrected chi connectivity index (χ2v) is 5.79. The molecule has 0 unspecified atom stereocenters. The maximum absolute atomic E-state index is 13.8. The quantitative estimate of drug-likeness (QED) is 0.745. The molecule has 1 aliphatic heterocycles. The number of anilines is 2. The first-order valence-corrected chi connectivity index (χ1v) is 6.96. The molecule has 18 heavy (non-hydrogen) atoms. The first-order chi connectivity index (χ1) is 8.49. The van der Waals surface area contributed by atoms with Gasteiger partial charge in [0.15, 0.2) is 0 Å². The summed E-state index contributed by atoms with van der Waals surface area (Å²) in [6.45, 7) is 0.983.